The number of para-hydroxylation sites is 1. The number of halogens is 1. The van der Waals surface area contributed by atoms with Gasteiger partial charge in [-0.15, -0.1) is 0 Å². The Labute approximate surface area is 105 Å². The van der Waals surface area contributed by atoms with E-state index in [1.807, 2.05) is 18.2 Å². The number of H-pyrrole nitrogens is 1. The van der Waals surface area contributed by atoms with Crippen LogP contribution in [0.1, 0.15) is 0 Å². The van der Waals surface area contributed by atoms with E-state index in [9.17, 15) is 0 Å². The molecule has 0 fully saturated rings. The number of aromatic amines is 1. The van der Waals surface area contributed by atoms with Gasteiger partial charge in [-0.3, -0.25) is 0 Å². The van der Waals surface area contributed by atoms with E-state index in [0.29, 0.717) is 0 Å². The van der Waals surface area contributed by atoms with Gasteiger partial charge in [-0.05, 0) is 18.2 Å². The molecule has 0 aliphatic rings. The molecule has 0 radical (unpaired) electrons. The van der Waals surface area contributed by atoms with Gasteiger partial charge in [0.1, 0.15) is 5.58 Å². The second kappa shape index (κ2) is 3.14. The zero-order valence-electron chi connectivity index (χ0n) is 8.83. The van der Waals surface area contributed by atoms with Crippen molar-refractivity contribution in [1.29, 1.82) is 0 Å². The minimum absolute atomic E-state index is 0.847. The summed E-state index contributed by atoms with van der Waals surface area (Å²) >= 11 is 3.48. The van der Waals surface area contributed by atoms with E-state index < -0.39 is 0 Å². The first-order valence-electron chi connectivity index (χ1n) is 5.41. The Bertz CT molecular complexity index is 856. The molecule has 17 heavy (non-hydrogen) atoms. The van der Waals surface area contributed by atoms with Crippen molar-refractivity contribution in [3.8, 4) is 0 Å². The molecule has 0 saturated heterocycles. The molecule has 0 saturated carbocycles. The predicted octanol–water partition coefficient (Wildman–Crippen LogP) is 4.83. The van der Waals surface area contributed by atoms with Gasteiger partial charge in [0.05, 0.1) is 10.9 Å². The van der Waals surface area contributed by atoms with Crippen LogP contribution in [0.2, 0.25) is 0 Å². The van der Waals surface area contributed by atoms with Crippen molar-refractivity contribution >= 4 is 48.9 Å². The van der Waals surface area contributed by atoms with E-state index in [1.54, 1.807) is 0 Å². The fourth-order valence-electron chi connectivity index (χ4n) is 2.36. The monoisotopic (exact) mass is 285 g/mol. The highest BCUT2D eigenvalue weighted by Gasteiger charge is 2.12. The van der Waals surface area contributed by atoms with Crippen LogP contribution in [0.5, 0.6) is 0 Å². The minimum Gasteiger partial charge on any atom is -0.440 e. The lowest BCUT2D eigenvalue weighted by Gasteiger charge is -1.92. The van der Waals surface area contributed by atoms with Crippen molar-refractivity contribution in [2.75, 3.05) is 0 Å². The van der Waals surface area contributed by atoms with Crippen molar-refractivity contribution in [1.82, 2.24) is 4.98 Å². The van der Waals surface area contributed by atoms with Crippen molar-refractivity contribution in [3.05, 3.63) is 46.9 Å². The van der Waals surface area contributed by atoms with E-state index in [0.717, 1.165) is 26.7 Å². The second-order valence-corrected chi connectivity index (χ2v) is 5.03. The Morgan fingerprint density at radius 3 is 2.82 bits per heavy atom. The first-order valence-corrected chi connectivity index (χ1v) is 6.21. The van der Waals surface area contributed by atoms with Gasteiger partial charge in [0.2, 0.25) is 5.71 Å². The smallest absolute Gasteiger partial charge is 0.206 e. The Balaban J connectivity index is 2.31. The van der Waals surface area contributed by atoms with Crippen LogP contribution < -0.4 is 0 Å². The average molecular weight is 286 g/mol. The van der Waals surface area contributed by atoms with Gasteiger partial charge in [0.25, 0.3) is 0 Å². The number of nitrogens with one attached hydrogen (secondary N) is 1. The molecule has 4 aromatic rings. The largest absolute Gasteiger partial charge is 0.440 e. The molecule has 0 spiro atoms. The lowest BCUT2D eigenvalue weighted by molar-refractivity contribution is 0.657. The number of hydrogen-bond acceptors (Lipinski definition) is 1. The molecular weight excluding hydrogens is 278 g/mol. The summed E-state index contributed by atoms with van der Waals surface area (Å²) in [5, 5.41) is 3.53. The van der Waals surface area contributed by atoms with Crippen LogP contribution in [0, 0.1) is 0 Å². The minimum atomic E-state index is 0.847. The number of aromatic nitrogens is 1. The van der Waals surface area contributed by atoms with Gasteiger partial charge in [0.15, 0.2) is 0 Å². The zero-order valence-corrected chi connectivity index (χ0v) is 10.4. The Morgan fingerprint density at radius 1 is 1.00 bits per heavy atom. The zero-order chi connectivity index (χ0) is 11.4. The van der Waals surface area contributed by atoms with E-state index in [1.165, 1.54) is 10.8 Å². The summed E-state index contributed by atoms with van der Waals surface area (Å²) in [6, 6.07) is 14.3. The van der Waals surface area contributed by atoms with Gasteiger partial charge in [-0.2, -0.15) is 0 Å². The second-order valence-electron chi connectivity index (χ2n) is 4.12. The fourth-order valence-corrected chi connectivity index (χ4v) is 2.72. The molecule has 3 heteroatoms. The van der Waals surface area contributed by atoms with E-state index >= 15 is 0 Å². The standard InChI is InChI=1S/C14H8BrNO/c15-8-5-6-9-11(7-8)16-14-13(9)10-3-1-2-4-12(10)17-14/h1-7,16H. The molecule has 0 aliphatic carbocycles. The van der Waals surface area contributed by atoms with Crippen molar-refractivity contribution in [2.24, 2.45) is 0 Å². The maximum atomic E-state index is 5.81. The fraction of sp³-hybridized carbons (Fsp3) is 0. The van der Waals surface area contributed by atoms with Crippen molar-refractivity contribution in [3.63, 3.8) is 0 Å². The Hall–Kier alpha value is -1.74. The quantitative estimate of drug-likeness (QED) is 0.493. The number of rotatable bonds is 0. The summed E-state index contributed by atoms with van der Waals surface area (Å²) in [6.45, 7) is 0. The number of fused-ring (bicyclic) bond motifs is 5. The van der Waals surface area contributed by atoms with E-state index in [-0.39, 0.29) is 0 Å². The number of hydrogen-bond donors (Lipinski definition) is 1. The van der Waals surface area contributed by atoms with Crippen molar-refractivity contribution in [2.45, 2.75) is 0 Å². The molecule has 4 rings (SSSR count). The molecule has 0 bridgehead atoms. The van der Waals surface area contributed by atoms with Crippen LogP contribution in [0.25, 0.3) is 33.0 Å². The summed E-state index contributed by atoms with van der Waals surface area (Å²) in [7, 11) is 0. The van der Waals surface area contributed by atoms with Gasteiger partial charge in [-0.1, -0.05) is 40.2 Å². The molecule has 0 atom stereocenters. The molecular formula is C14H8BrNO. The Morgan fingerprint density at radius 2 is 1.88 bits per heavy atom. The summed E-state index contributed by atoms with van der Waals surface area (Å²) < 4.78 is 6.87. The molecule has 0 unspecified atom stereocenters. The van der Waals surface area contributed by atoms with Crippen LogP contribution in [-0.4, -0.2) is 4.98 Å². The molecule has 2 heterocycles. The van der Waals surface area contributed by atoms with Gasteiger partial charge < -0.3 is 9.40 Å². The third kappa shape index (κ3) is 1.20. The first kappa shape index (κ1) is 9.31. The number of furan rings is 1. The summed E-state index contributed by atoms with van der Waals surface area (Å²) in [5.74, 6) is 0. The highest BCUT2D eigenvalue weighted by atomic mass is 79.9. The lowest BCUT2D eigenvalue weighted by atomic mass is 10.1. The third-order valence-corrected chi connectivity index (χ3v) is 3.59. The summed E-state index contributed by atoms with van der Waals surface area (Å²) in [4.78, 5) is 3.31. The maximum Gasteiger partial charge on any atom is 0.206 e. The molecule has 82 valence electrons. The molecule has 0 amide bonds. The highest BCUT2D eigenvalue weighted by Crippen LogP contribution is 2.35. The van der Waals surface area contributed by atoms with Gasteiger partial charge >= 0.3 is 0 Å². The SMILES string of the molecule is Brc1ccc2c(c1)[nH]c1oc3ccccc3c12. The van der Waals surface area contributed by atoms with E-state index in [4.69, 9.17) is 4.42 Å². The van der Waals surface area contributed by atoms with Crippen LogP contribution in [0.3, 0.4) is 0 Å². The molecule has 2 nitrogen and oxygen atoms in total. The highest BCUT2D eigenvalue weighted by molar-refractivity contribution is 9.10. The lowest BCUT2D eigenvalue weighted by Crippen LogP contribution is -1.69. The van der Waals surface area contributed by atoms with Crippen LogP contribution in [0.4, 0.5) is 0 Å². The van der Waals surface area contributed by atoms with Crippen molar-refractivity contribution < 1.29 is 4.42 Å². The normalized spacial score (nSPS) is 11.8. The average Bonchev–Trinajstić information content (AvgIpc) is 2.83. The van der Waals surface area contributed by atoms with Gasteiger partial charge in [-0.25, -0.2) is 0 Å². The predicted molar refractivity (Wildman–Crippen MR) is 73.3 cm³/mol. The molecule has 1 N–H and O–H groups in total. The number of benzene rings is 2. The third-order valence-electron chi connectivity index (χ3n) is 3.09. The van der Waals surface area contributed by atoms with Crippen LogP contribution in [-0.2, 0) is 0 Å². The maximum absolute atomic E-state index is 5.81. The molecule has 2 aromatic heterocycles. The summed E-state index contributed by atoms with van der Waals surface area (Å²) in [5.41, 5.74) is 2.87. The first-order chi connectivity index (χ1) is 8.33. The topological polar surface area (TPSA) is 28.9 Å². The Kier molecular flexibility index (Phi) is 1.72. The van der Waals surface area contributed by atoms with Crippen LogP contribution >= 0.6 is 15.9 Å². The van der Waals surface area contributed by atoms with E-state index in [2.05, 4.69) is 45.2 Å². The van der Waals surface area contributed by atoms with Crippen LogP contribution in [0.15, 0.2) is 51.4 Å². The summed E-state index contributed by atoms with van der Waals surface area (Å²) in [6.07, 6.45) is 0. The molecule has 2 aromatic carbocycles. The molecule has 0 aliphatic heterocycles. The van der Waals surface area contributed by atoms with Gasteiger partial charge in [0, 0.05) is 15.2 Å².